The van der Waals surface area contributed by atoms with E-state index in [0.29, 0.717) is 17.4 Å². The monoisotopic (exact) mass is 446 g/mol. The van der Waals surface area contributed by atoms with E-state index < -0.39 is 18.5 Å². The molecule has 0 saturated carbocycles. The molecule has 0 saturated heterocycles. The number of hydrogen-bond donors (Lipinski definition) is 1. The van der Waals surface area contributed by atoms with Gasteiger partial charge in [-0.3, -0.25) is 9.78 Å². The molecule has 8 heteroatoms. The first kappa shape index (κ1) is 21.3. The second-order valence-corrected chi connectivity index (χ2v) is 7.28. The zero-order chi connectivity index (χ0) is 22.3. The highest BCUT2D eigenvalue weighted by molar-refractivity contribution is 6.31. The number of amides is 1. The Kier molecular flexibility index (Phi) is 6.57. The van der Waals surface area contributed by atoms with Gasteiger partial charge in [-0.1, -0.05) is 54.1 Å². The predicted octanol–water partition coefficient (Wildman–Crippen LogP) is 4.33. The molecule has 1 amide bonds. The summed E-state index contributed by atoms with van der Waals surface area (Å²) in [6, 6.07) is 18.5. The lowest BCUT2D eigenvalue weighted by Gasteiger charge is -2.10. The van der Waals surface area contributed by atoms with Gasteiger partial charge >= 0.3 is 5.97 Å². The fraction of sp³-hybridized carbons (Fsp3) is 0.0833. The minimum Gasteiger partial charge on any atom is -0.452 e. The smallest absolute Gasteiger partial charge is 0.331 e. The molecule has 0 spiro atoms. The zero-order valence-corrected chi connectivity index (χ0v) is 17.7. The molecule has 4 aromatic rings. The molecule has 0 aliphatic rings. The number of carbonyl (C=O) groups excluding carboxylic acids is 2. The number of ether oxygens (including phenoxy) is 1. The van der Waals surface area contributed by atoms with E-state index in [2.05, 4.69) is 15.4 Å². The van der Waals surface area contributed by atoms with Crippen molar-refractivity contribution in [3.63, 3.8) is 0 Å². The first-order valence-corrected chi connectivity index (χ1v) is 10.2. The molecule has 1 N–H and O–H groups in total. The van der Waals surface area contributed by atoms with Gasteiger partial charge in [0.1, 0.15) is 5.82 Å². The van der Waals surface area contributed by atoms with Crippen LogP contribution in [0.5, 0.6) is 0 Å². The number of nitrogens with one attached hydrogen (secondary N) is 1. The van der Waals surface area contributed by atoms with Crippen LogP contribution in [-0.2, 0) is 20.9 Å². The lowest BCUT2D eigenvalue weighted by atomic mass is 10.1. The lowest BCUT2D eigenvalue weighted by molar-refractivity contribution is -0.142. The third-order valence-electron chi connectivity index (χ3n) is 4.67. The maximum atomic E-state index is 12.2. The molecular formula is C24H19ClN4O3. The van der Waals surface area contributed by atoms with Crippen LogP contribution >= 0.6 is 11.6 Å². The number of hydrogen-bond acceptors (Lipinski definition) is 5. The van der Waals surface area contributed by atoms with Crippen LogP contribution in [0.25, 0.3) is 17.0 Å². The van der Waals surface area contributed by atoms with Crippen LogP contribution in [0.15, 0.2) is 79.1 Å². The van der Waals surface area contributed by atoms with E-state index in [9.17, 15) is 9.59 Å². The Balaban J connectivity index is 1.33. The number of rotatable bonds is 7. The summed E-state index contributed by atoms with van der Waals surface area (Å²) in [5.74, 6) is -0.625. The van der Waals surface area contributed by atoms with Crippen LogP contribution in [-0.4, -0.2) is 33.2 Å². The average Bonchev–Trinajstić information content (AvgIpc) is 3.24. The van der Waals surface area contributed by atoms with E-state index >= 15 is 0 Å². The molecular weight excluding hydrogens is 428 g/mol. The molecule has 0 aliphatic carbocycles. The van der Waals surface area contributed by atoms with Gasteiger partial charge in [0.25, 0.3) is 5.91 Å². The summed E-state index contributed by atoms with van der Waals surface area (Å²) >= 11 is 6.19. The molecule has 160 valence electrons. The lowest BCUT2D eigenvalue weighted by Crippen LogP contribution is -2.22. The maximum Gasteiger partial charge on any atom is 0.331 e. The largest absolute Gasteiger partial charge is 0.452 e. The number of fused-ring (bicyclic) bond motifs is 1. The Bertz CT molecular complexity index is 1290. The second-order valence-electron chi connectivity index (χ2n) is 6.88. The molecule has 7 nitrogen and oxygen atoms in total. The highest BCUT2D eigenvalue weighted by Crippen LogP contribution is 2.19. The number of anilines is 1. The summed E-state index contributed by atoms with van der Waals surface area (Å²) in [6.45, 7) is -0.0296. The van der Waals surface area contributed by atoms with Crippen LogP contribution < -0.4 is 5.32 Å². The van der Waals surface area contributed by atoms with Crippen molar-refractivity contribution in [1.29, 1.82) is 0 Å². The van der Waals surface area contributed by atoms with Crippen molar-refractivity contribution in [3.05, 3.63) is 95.3 Å². The SMILES string of the molecule is O=C(COC(=O)/C=C/c1cccc2cccnc12)Nc1ccnn1Cc1ccccc1Cl. The van der Waals surface area contributed by atoms with Crippen molar-refractivity contribution in [2.24, 2.45) is 0 Å². The highest BCUT2D eigenvalue weighted by atomic mass is 35.5. The normalized spacial score (nSPS) is 11.0. The topological polar surface area (TPSA) is 86.1 Å². The average molecular weight is 447 g/mol. The number of esters is 1. The molecule has 2 heterocycles. The van der Waals surface area contributed by atoms with Gasteiger partial charge in [0.05, 0.1) is 18.3 Å². The number of carbonyl (C=O) groups is 2. The Morgan fingerprint density at radius 3 is 2.75 bits per heavy atom. The van der Waals surface area contributed by atoms with E-state index in [4.69, 9.17) is 16.3 Å². The third-order valence-corrected chi connectivity index (χ3v) is 5.04. The van der Waals surface area contributed by atoms with Gasteiger partial charge in [-0.15, -0.1) is 0 Å². The highest BCUT2D eigenvalue weighted by Gasteiger charge is 2.11. The summed E-state index contributed by atoms with van der Waals surface area (Å²) in [6.07, 6.45) is 6.16. The third kappa shape index (κ3) is 5.19. The van der Waals surface area contributed by atoms with Gasteiger partial charge in [-0.25, -0.2) is 9.48 Å². The first-order chi connectivity index (χ1) is 15.6. The number of aromatic nitrogens is 3. The second kappa shape index (κ2) is 9.89. The summed E-state index contributed by atoms with van der Waals surface area (Å²) in [4.78, 5) is 28.6. The molecule has 0 radical (unpaired) electrons. The van der Waals surface area contributed by atoms with Gasteiger partial charge in [0.15, 0.2) is 6.61 Å². The number of benzene rings is 2. The van der Waals surface area contributed by atoms with Gasteiger partial charge in [-0.2, -0.15) is 5.10 Å². The summed E-state index contributed by atoms with van der Waals surface area (Å²) in [7, 11) is 0. The Labute approximate surface area is 189 Å². The predicted molar refractivity (Wildman–Crippen MR) is 123 cm³/mol. The van der Waals surface area contributed by atoms with Crippen LogP contribution in [0.4, 0.5) is 5.82 Å². The minimum absolute atomic E-state index is 0.393. The standard InChI is InChI=1S/C24H19ClN4O3/c25-20-9-2-1-5-19(20)15-29-21(12-14-27-29)28-22(30)16-32-23(31)11-10-18-7-3-6-17-8-4-13-26-24(17)18/h1-14H,15-16H2,(H,28,30)/b11-10+. The van der Waals surface area contributed by atoms with E-state index in [1.165, 1.54) is 6.08 Å². The Hall–Kier alpha value is -3.97. The number of halogens is 1. The van der Waals surface area contributed by atoms with Crippen molar-refractivity contribution in [2.75, 3.05) is 11.9 Å². The van der Waals surface area contributed by atoms with Crippen LogP contribution in [0.2, 0.25) is 5.02 Å². The van der Waals surface area contributed by atoms with Gasteiger partial charge in [-0.05, 0) is 23.8 Å². The van der Waals surface area contributed by atoms with Gasteiger partial charge in [0, 0.05) is 34.3 Å². The van der Waals surface area contributed by atoms with Crippen LogP contribution in [0, 0.1) is 0 Å². The fourth-order valence-electron chi connectivity index (χ4n) is 3.14. The van der Waals surface area contributed by atoms with Gasteiger partial charge < -0.3 is 10.1 Å². The first-order valence-electron chi connectivity index (χ1n) is 9.84. The fourth-order valence-corrected chi connectivity index (χ4v) is 3.33. The number of nitrogens with zero attached hydrogens (tertiary/aromatic N) is 3. The van der Waals surface area contributed by atoms with E-state index in [1.807, 2.05) is 48.5 Å². The van der Waals surface area contributed by atoms with Crippen molar-refractivity contribution in [3.8, 4) is 0 Å². The molecule has 0 fully saturated rings. The molecule has 2 aromatic heterocycles. The van der Waals surface area contributed by atoms with Crippen molar-refractivity contribution in [2.45, 2.75) is 6.54 Å². The molecule has 0 aliphatic heterocycles. The number of pyridine rings is 1. The van der Waals surface area contributed by atoms with Crippen molar-refractivity contribution >= 4 is 46.3 Å². The molecule has 0 bridgehead atoms. The van der Waals surface area contributed by atoms with Crippen molar-refractivity contribution < 1.29 is 14.3 Å². The molecule has 2 aromatic carbocycles. The summed E-state index contributed by atoms with van der Waals surface area (Å²) in [5.41, 5.74) is 2.43. The minimum atomic E-state index is -0.627. The van der Waals surface area contributed by atoms with Crippen molar-refractivity contribution in [1.82, 2.24) is 14.8 Å². The van der Waals surface area contributed by atoms with Crippen LogP contribution in [0.1, 0.15) is 11.1 Å². The zero-order valence-electron chi connectivity index (χ0n) is 16.9. The van der Waals surface area contributed by atoms with Crippen LogP contribution in [0.3, 0.4) is 0 Å². The Morgan fingerprint density at radius 1 is 1.03 bits per heavy atom. The molecule has 0 atom stereocenters. The summed E-state index contributed by atoms with van der Waals surface area (Å²) in [5, 5.41) is 8.48. The molecule has 4 rings (SSSR count). The van der Waals surface area contributed by atoms with E-state index in [1.54, 1.807) is 35.3 Å². The molecule has 0 unspecified atom stereocenters. The maximum absolute atomic E-state index is 12.2. The van der Waals surface area contributed by atoms with E-state index in [0.717, 1.165) is 22.0 Å². The number of para-hydroxylation sites is 1. The van der Waals surface area contributed by atoms with Gasteiger partial charge in [0.2, 0.25) is 0 Å². The summed E-state index contributed by atoms with van der Waals surface area (Å²) < 4.78 is 6.66. The quantitative estimate of drug-likeness (QED) is 0.337. The molecule has 32 heavy (non-hydrogen) atoms. The Morgan fingerprint density at radius 2 is 1.88 bits per heavy atom. The van der Waals surface area contributed by atoms with E-state index in [-0.39, 0.29) is 0 Å².